The molecule has 27 heavy (non-hydrogen) atoms. The minimum atomic E-state index is -0.300. The summed E-state index contributed by atoms with van der Waals surface area (Å²) in [6, 6.07) is 21.4. The van der Waals surface area contributed by atoms with Gasteiger partial charge in [0.1, 0.15) is 17.6 Å². The second-order valence-corrected chi connectivity index (χ2v) is 6.07. The van der Waals surface area contributed by atoms with E-state index in [0.717, 1.165) is 22.1 Å². The molecule has 0 heterocycles. The van der Waals surface area contributed by atoms with Crippen LogP contribution in [0.1, 0.15) is 11.7 Å². The van der Waals surface area contributed by atoms with Gasteiger partial charge in [-0.1, -0.05) is 48.5 Å². The number of amides is 1. The van der Waals surface area contributed by atoms with Gasteiger partial charge in [-0.2, -0.15) is 0 Å². The second kappa shape index (κ2) is 9.05. The minimum absolute atomic E-state index is 0.0549. The number of hydrogen-bond acceptors (Lipinski definition) is 4. The molecule has 3 rings (SSSR count). The van der Waals surface area contributed by atoms with Gasteiger partial charge in [-0.05, 0) is 29.0 Å². The van der Waals surface area contributed by atoms with Crippen molar-refractivity contribution in [3.05, 3.63) is 72.3 Å². The van der Waals surface area contributed by atoms with Crippen molar-refractivity contribution in [1.82, 2.24) is 5.32 Å². The van der Waals surface area contributed by atoms with E-state index >= 15 is 0 Å². The number of carbonyl (C=O) groups is 1. The van der Waals surface area contributed by atoms with Crippen LogP contribution in [0.15, 0.2) is 66.7 Å². The smallest absolute Gasteiger partial charge is 0.258 e. The Bertz CT molecular complexity index is 909. The molecule has 0 aliphatic heterocycles. The fourth-order valence-electron chi connectivity index (χ4n) is 2.92. The van der Waals surface area contributed by atoms with Crippen LogP contribution >= 0.6 is 0 Å². The van der Waals surface area contributed by atoms with Crippen LogP contribution in [0.5, 0.6) is 11.5 Å². The van der Waals surface area contributed by atoms with E-state index in [0.29, 0.717) is 12.3 Å². The van der Waals surface area contributed by atoms with E-state index in [4.69, 9.17) is 14.2 Å². The van der Waals surface area contributed by atoms with Crippen molar-refractivity contribution in [2.24, 2.45) is 0 Å². The molecule has 0 saturated heterocycles. The van der Waals surface area contributed by atoms with Crippen LogP contribution in [0.4, 0.5) is 0 Å². The maximum Gasteiger partial charge on any atom is 0.258 e. The van der Waals surface area contributed by atoms with Crippen molar-refractivity contribution in [2.75, 3.05) is 27.4 Å². The molecule has 0 radical (unpaired) electrons. The Hall–Kier alpha value is -3.05. The summed E-state index contributed by atoms with van der Waals surface area (Å²) < 4.78 is 16.5. The molecule has 1 unspecified atom stereocenters. The Balaban J connectivity index is 1.55. The van der Waals surface area contributed by atoms with Gasteiger partial charge in [0.05, 0.1) is 7.11 Å². The predicted molar refractivity (Wildman–Crippen MR) is 105 cm³/mol. The molecular formula is C22H23NO4. The summed E-state index contributed by atoms with van der Waals surface area (Å²) in [5.41, 5.74) is 0.887. The highest BCUT2D eigenvalue weighted by atomic mass is 16.5. The number of ether oxygens (including phenoxy) is 3. The second-order valence-electron chi connectivity index (χ2n) is 6.07. The third-order valence-electron chi connectivity index (χ3n) is 4.35. The lowest BCUT2D eigenvalue weighted by Crippen LogP contribution is -2.33. The molecule has 5 nitrogen and oxygen atoms in total. The number of carbonyl (C=O) groups excluding carboxylic acids is 1. The summed E-state index contributed by atoms with van der Waals surface area (Å²) >= 11 is 0. The summed E-state index contributed by atoms with van der Waals surface area (Å²) in [5.74, 6) is 1.18. The molecule has 1 N–H and O–H groups in total. The SMILES string of the molecule is COc1ccccc1C(CNC(=O)COc1ccc2ccccc2c1)OC. The quantitative estimate of drug-likeness (QED) is 0.661. The molecule has 0 bridgehead atoms. The first-order valence-electron chi connectivity index (χ1n) is 8.75. The number of rotatable bonds is 8. The van der Waals surface area contributed by atoms with Crippen molar-refractivity contribution >= 4 is 16.7 Å². The van der Waals surface area contributed by atoms with Crippen molar-refractivity contribution in [3.8, 4) is 11.5 Å². The van der Waals surface area contributed by atoms with Gasteiger partial charge in [0.25, 0.3) is 5.91 Å². The molecule has 1 atom stereocenters. The third kappa shape index (κ3) is 4.77. The van der Waals surface area contributed by atoms with Gasteiger partial charge in [-0.3, -0.25) is 4.79 Å². The Morgan fingerprint density at radius 1 is 0.963 bits per heavy atom. The van der Waals surface area contributed by atoms with E-state index in [9.17, 15) is 4.79 Å². The van der Waals surface area contributed by atoms with Gasteiger partial charge in [-0.25, -0.2) is 0 Å². The first kappa shape index (κ1) is 18.7. The average Bonchev–Trinajstić information content (AvgIpc) is 2.72. The van der Waals surface area contributed by atoms with Crippen LogP contribution in [0, 0.1) is 0 Å². The Kier molecular flexibility index (Phi) is 6.28. The van der Waals surface area contributed by atoms with Crippen molar-refractivity contribution in [3.63, 3.8) is 0 Å². The van der Waals surface area contributed by atoms with Crippen molar-refractivity contribution in [1.29, 1.82) is 0 Å². The standard InChI is InChI=1S/C22H23NO4/c1-25-20-10-6-5-9-19(20)21(26-2)14-23-22(24)15-27-18-12-11-16-7-3-4-8-17(16)13-18/h3-13,21H,14-15H2,1-2H3,(H,23,24). The first-order chi connectivity index (χ1) is 13.2. The molecule has 3 aromatic rings. The van der Waals surface area contributed by atoms with Crippen molar-refractivity contribution < 1.29 is 19.0 Å². The Morgan fingerprint density at radius 2 is 1.70 bits per heavy atom. The fraction of sp³-hybridized carbons (Fsp3) is 0.227. The van der Waals surface area contributed by atoms with E-state index < -0.39 is 0 Å². The topological polar surface area (TPSA) is 56.8 Å². The molecule has 3 aromatic carbocycles. The first-order valence-corrected chi connectivity index (χ1v) is 8.75. The van der Waals surface area contributed by atoms with Gasteiger partial charge in [0.15, 0.2) is 6.61 Å². The maximum atomic E-state index is 12.2. The zero-order valence-electron chi connectivity index (χ0n) is 15.5. The molecule has 1 amide bonds. The van der Waals surface area contributed by atoms with Crippen LogP contribution in [-0.2, 0) is 9.53 Å². The van der Waals surface area contributed by atoms with E-state index in [2.05, 4.69) is 5.32 Å². The average molecular weight is 365 g/mol. The van der Waals surface area contributed by atoms with E-state index in [1.165, 1.54) is 0 Å². The van der Waals surface area contributed by atoms with Crippen LogP contribution in [0.25, 0.3) is 10.8 Å². The van der Waals surface area contributed by atoms with Crippen molar-refractivity contribution in [2.45, 2.75) is 6.10 Å². The zero-order valence-corrected chi connectivity index (χ0v) is 15.5. The molecule has 0 aliphatic carbocycles. The largest absolute Gasteiger partial charge is 0.496 e. The summed E-state index contributed by atoms with van der Waals surface area (Å²) in [6.45, 7) is 0.275. The molecule has 0 aliphatic rings. The Labute approximate surface area is 158 Å². The number of benzene rings is 3. The number of methoxy groups -OCH3 is 2. The Morgan fingerprint density at radius 3 is 2.48 bits per heavy atom. The van der Waals surface area contributed by atoms with Gasteiger partial charge < -0.3 is 19.5 Å². The molecular weight excluding hydrogens is 342 g/mol. The van der Waals surface area contributed by atoms with E-state index in [-0.39, 0.29) is 18.6 Å². The van der Waals surface area contributed by atoms with Gasteiger partial charge >= 0.3 is 0 Å². The highest BCUT2D eigenvalue weighted by Crippen LogP contribution is 2.26. The highest BCUT2D eigenvalue weighted by Gasteiger charge is 2.16. The zero-order chi connectivity index (χ0) is 19.1. The normalized spacial score (nSPS) is 11.8. The third-order valence-corrected chi connectivity index (χ3v) is 4.35. The van der Waals surface area contributed by atoms with Crippen LogP contribution in [-0.4, -0.2) is 33.3 Å². The minimum Gasteiger partial charge on any atom is -0.496 e. The summed E-state index contributed by atoms with van der Waals surface area (Å²) in [4.78, 5) is 12.2. The number of fused-ring (bicyclic) bond motifs is 1. The van der Waals surface area contributed by atoms with E-state index in [1.807, 2.05) is 66.7 Å². The number of nitrogens with one attached hydrogen (secondary N) is 1. The van der Waals surface area contributed by atoms with Gasteiger partial charge in [0, 0.05) is 19.2 Å². The summed E-state index contributed by atoms with van der Waals surface area (Å²) in [7, 11) is 3.22. The molecule has 0 aromatic heterocycles. The molecule has 140 valence electrons. The molecule has 0 fully saturated rings. The van der Waals surface area contributed by atoms with Crippen LogP contribution < -0.4 is 14.8 Å². The number of para-hydroxylation sites is 1. The van der Waals surface area contributed by atoms with Gasteiger partial charge in [0.2, 0.25) is 0 Å². The highest BCUT2D eigenvalue weighted by molar-refractivity contribution is 5.84. The number of hydrogen-bond donors (Lipinski definition) is 1. The lowest BCUT2D eigenvalue weighted by atomic mass is 10.1. The summed E-state index contributed by atoms with van der Waals surface area (Å²) in [5, 5.41) is 5.05. The van der Waals surface area contributed by atoms with Crippen LogP contribution in [0.2, 0.25) is 0 Å². The van der Waals surface area contributed by atoms with E-state index in [1.54, 1.807) is 14.2 Å². The molecule has 5 heteroatoms. The van der Waals surface area contributed by atoms with Crippen LogP contribution in [0.3, 0.4) is 0 Å². The summed E-state index contributed by atoms with van der Waals surface area (Å²) in [6.07, 6.45) is -0.300. The molecule has 0 spiro atoms. The lowest BCUT2D eigenvalue weighted by Gasteiger charge is -2.19. The monoisotopic (exact) mass is 365 g/mol. The predicted octanol–water partition coefficient (Wildman–Crippen LogP) is 3.73. The fourth-order valence-corrected chi connectivity index (χ4v) is 2.92. The maximum absolute atomic E-state index is 12.2. The van der Waals surface area contributed by atoms with Gasteiger partial charge in [-0.15, -0.1) is 0 Å². The lowest BCUT2D eigenvalue weighted by molar-refractivity contribution is -0.123. The molecule has 0 saturated carbocycles.